The van der Waals surface area contributed by atoms with Crippen LogP contribution in [0.1, 0.15) is 19.4 Å². The summed E-state index contributed by atoms with van der Waals surface area (Å²) in [5.74, 6) is 0. The first-order valence-corrected chi connectivity index (χ1v) is 5.78. The van der Waals surface area contributed by atoms with Crippen molar-refractivity contribution in [1.29, 1.82) is 0 Å². The van der Waals surface area contributed by atoms with Crippen molar-refractivity contribution >= 4 is 17.3 Å². The van der Waals surface area contributed by atoms with Crippen LogP contribution in [0.5, 0.6) is 0 Å². The maximum Gasteiger partial charge on any atom is 0.0456 e. The van der Waals surface area contributed by atoms with Gasteiger partial charge in [0.15, 0.2) is 0 Å². The number of halogens is 1. The molecule has 0 aliphatic carbocycles. The Balaban J connectivity index is 2.40. The van der Waals surface area contributed by atoms with Gasteiger partial charge in [-0.1, -0.05) is 11.6 Å². The SMILES string of the molecule is CC(C)N1c2ccc(Cl)cc2CC1CN. The molecule has 2 N–H and O–H groups in total. The summed E-state index contributed by atoms with van der Waals surface area (Å²) in [6.07, 6.45) is 1.02. The highest BCUT2D eigenvalue weighted by Crippen LogP contribution is 2.35. The summed E-state index contributed by atoms with van der Waals surface area (Å²) in [4.78, 5) is 2.39. The summed E-state index contributed by atoms with van der Waals surface area (Å²) in [7, 11) is 0. The van der Waals surface area contributed by atoms with Gasteiger partial charge in [-0.05, 0) is 44.0 Å². The fourth-order valence-electron chi connectivity index (χ4n) is 2.42. The minimum atomic E-state index is 0.429. The molecule has 2 nitrogen and oxygen atoms in total. The zero-order chi connectivity index (χ0) is 11.0. The molecule has 1 aliphatic rings. The van der Waals surface area contributed by atoms with Crippen molar-refractivity contribution in [2.45, 2.75) is 32.4 Å². The van der Waals surface area contributed by atoms with Gasteiger partial charge in [0, 0.05) is 29.3 Å². The number of hydrogen-bond acceptors (Lipinski definition) is 2. The largest absolute Gasteiger partial charge is 0.364 e. The van der Waals surface area contributed by atoms with Crippen LogP contribution >= 0.6 is 11.6 Å². The fourth-order valence-corrected chi connectivity index (χ4v) is 2.61. The van der Waals surface area contributed by atoms with Gasteiger partial charge >= 0.3 is 0 Å². The second-order valence-corrected chi connectivity index (χ2v) is 4.80. The summed E-state index contributed by atoms with van der Waals surface area (Å²) < 4.78 is 0. The van der Waals surface area contributed by atoms with Gasteiger partial charge in [0.05, 0.1) is 0 Å². The maximum absolute atomic E-state index is 5.99. The van der Waals surface area contributed by atoms with Crippen LogP contribution in [0, 0.1) is 0 Å². The molecule has 0 bridgehead atoms. The molecule has 1 aliphatic heterocycles. The normalized spacial score (nSPS) is 19.8. The highest BCUT2D eigenvalue weighted by molar-refractivity contribution is 6.30. The third-order valence-electron chi connectivity index (χ3n) is 3.00. The van der Waals surface area contributed by atoms with E-state index in [1.165, 1.54) is 11.3 Å². The Morgan fingerprint density at radius 1 is 1.53 bits per heavy atom. The van der Waals surface area contributed by atoms with E-state index in [0.29, 0.717) is 18.6 Å². The third kappa shape index (κ3) is 1.84. The van der Waals surface area contributed by atoms with Crippen molar-refractivity contribution in [3.8, 4) is 0 Å². The van der Waals surface area contributed by atoms with E-state index in [4.69, 9.17) is 17.3 Å². The standard InChI is InChI=1S/C12H17ClN2/c1-8(2)15-11(7-14)6-9-5-10(13)3-4-12(9)15/h3-5,8,11H,6-7,14H2,1-2H3. The highest BCUT2D eigenvalue weighted by atomic mass is 35.5. The molecule has 1 unspecified atom stereocenters. The minimum Gasteiger partial charge on any atom is -0.364 e. The van der Waals surface area contributed by atoms with Crippen LogP contribution in [0.25, 0.3) is 0 Å². The monoisotopic (exact) mass is 224 g/mol. The van der Waals surface area contributed by atoms with Crippen molar-refractivity contribution in [3.05, 3.63) is 28.8 Å². The molecule has 1 atom stereocenters. The van der Waals surface area contributed by atoms with Crippen LogP contribution in [0.2, 0.25) is 5.02 Å². The van der Waals surface area contributed by atoms with E-state index in [1.807, 2.05) is 6.07 Å². The van der Waals surface area contributed by atoms with Gasteiger partial charge in [0.1, 0.15) is 0 Å². The summed E-state index contributed by atoms with van der Waals surface area (Å²) >= 11 is 5.99. The van der Waals surface area contributed by atoms with Crippen molar-refractivity contribution in [2.24, 2.45) is 5.73 Å². The second-order valence-electron chi connectivity index (χ2n) is 4.37. The Morgan fingerprint density at radius 2 is 2.27 bits per heavy atom. The number of benzene rings is 1. The molecule has 1 aromatic carbocycles. The lowest BCUT2D eigenvalue weighted by Crippen LogP contribution is -2.42. The van der Waals surface area contributed by atoms with Gasteiger partial charge in [-0.25, -0.2) is 0 Å². The quantitative estimate of drug-likeness (QED) is 0.836. The lowest BCUT2D eigenvalue weighted by Gasteiger charge is -2.30. The molecule has 0 saturated heterocycles. The van der Waals surface area contributed by atoms with E-state index >= 15 is 0 Å². The highest BCUT2D eigenvalue weighted by Gasteiger charge is 2.29. The number of nitrogens with zero attached hydrogens (tertiary/aromatic N) is 1. The zero-order valence-electron chi connectivity index (χ0n) is 9.20. The van der Waals surface area contributed by atoms with Crippen LogP contribution < -0.4 is 10.6 Å². The number of rotatable bonds is 2. The Kier molecular flexibility index (Phi) is 2.89. The molecule has 15 heavy (non-hydrogen) atoms. The second kappa shape index (κ2) is 4.03. The molecule has 1 heterocycles. The van der Waals surface area contributed by atoms with E-state index in [2.05, 4.69) is 30.9 Å². The van der Waals surface area contributed by atoms with E-state index in [1.54, 1.807) is 0 Å². The molecule has 0 saturated carbocycles. The molecule has 0 fully saturated rings. The molecule has 82 valence electrons. The van der Waals surface area contributed by atoms with Gasteiger partial charge in [-0.2, -0.15) is 0 Å². The number of nitrogens with two attached hydrogens (primary N) is 1. The molecule has 1 aromatic rings. The average Bonchev–Trinajstić information content (AvgIpc) is 2.54. The van der Waals surface area contributed by atoms with Crippen molar-refractivity contribution < 1.29 is 0 Å². The van der Waals surface area contributed by atoms with Gasteiger partial charge in [0.2, 0.25) is 0 Å². The minimum absolute atomic E-state index is 0.429. The van der Waals surface area contributed by atoms with Crippen LogP contribution in [-0.4, -0.2) is 18.6 Å². The summed E-state index contributed by atoms with van der Waals surface area (Å²) in [6, 6.07) is 7.03. The summed E-state index contributed by atoms with van der Waals surface area (Å²) in [6.45, 7) is 5.10. The predicted octanol–water partition coefficient (Wildman–Crippen LogP) is 2.44. The van der Waals surface area contributed by atoms with Gasteiger partial charge in [0.25, 0.3) is 0 Å². The average molecular weight is 225 g/mol. The summed E-state index contributed by atoms with van der Waals surface area (Å²) in [5, 5.41) is 0.815. The van der Waals surface area contributed by atoms with Gasteiger partial charge in [-0.3, -0.25) is 0 Å². The fraction of sp³-hybridized carbons (Fsp3) is 0.500. The van der Waals surface area contributed by atoms with E-state index in [9.17, 15) is 0 Å². The summed E-state index contributed by atoms with van der Waals surface area (Å²) in [5.41, 5.74) is 8.43. The van der Waals surface area contributed by atoms with Crippen molar-refractivity contribution in [2.75, 3.05) is 11.4 Å². The van der Waals surface area contributed by atoms with E-state index in [0.717, 1.165) is 11.4 Å². The van der Waals surface area contributed by atoms with Gasteiger partial charge < -0.3 is 10.6 Å². The molecule has 2 rings (SSSR count). The van der Waals surface area contributed by atoms with Crippen LogP contribution in [-0.2, 0) is 6.42 Å². The first-order valence-electron chi connectivity index (χ1n) is 5.40. The molecule has 0 spiro atoms. The first kappa shape index (κ1) is 10.8. The Labute approximate surface area is 96.0 Å². The van der Waals surface area contributed by atoms with Crippen LogP contribution in [0.15, 0.2) is 18.2 Å². The predicted molar refractivity (Wildman–Crippen MR) is 65.6 cm³/mol. The lowest BCUT2D eigenvalue weighted by atomic mass is 10.1. The number of hydrogen-bond donors (Lipinski definition) is 1. The van der Waals surface area contributed by atoms with E-state index < -0.39 is 0 Å². The van der Waals surface area contributed by atoms with Crippen molar-refractivity contribution in [1.82, 2.24) is 0 Å². The molecule has 3 heteroatoms. The van der Waals surface area contributed by atoms with Gasteiger partial charge in [-0.15, -0.1) is 0 Å². The number of anilines is 1. The molecule has 0 amide bonds. The van der Waals surface area contributed by atoms with E-state index in [-0.39, 0.29) is 0 Å². The lowest BCUT2D eigenvalue weighted by molar-refractivity contribution is 0.576. The van der Waals surface area contributed by atoms with Crippen molar-refractivity contribution in [3.63, 3.8) is 0 Å². The van der Waals surface area contributed by atoms with Crippen LogP contribution in [0.4, 0.5) is 5.69 Å². The number of fused-ring (bicyclic) bond motifs is 1. The van der Waals surface area contributed by atoms with Crippen LogP contribution in [0.3, 0.4) is 0 Å². The topological polar surface area (TPSA) is 29.3 Å². The Bertz CT molecular complexity index is 363. The Hall–Kier alpha value is -0.730. The Morgan fingerprint density at radius 3 is 2.87 bits per heavy atom. The smallest absolute Gasteiger partial charge is 0.0456 e. The molecular weight excluding hydrogens is 208 g/mol. The third-order valence-corrected chi connectivity index (χ3v) is 3.23. The molecular formula is C12H17ClN2. The molecule has 0 aromatic heterocycles. The molecule has 0 radical (unpaired) electrons. The first-order chi connectivity index (χ1) is 7.13. The maximum atomic E-state index is 5.99. The zero-order valence-corrected chi connectivity index (χ0v) is 9.96.